The molecule has 1 saturated heterocycles. The number of ether oxygens (including phenoxy) is 1. The molecule has 0 aromatic rings. The summed E-state index contributed by atoms with van der Waals surface area (Å²) >= 11 is 0. The van der Waals surface area contributed by atoms with Gasteiger partial charge in [-0.3, -0.25) is 14.9 Å². The fourth-order valence-corrected chi connectivity index (χ4v) is 1.37. The van der Waals surface area contributed by atoms with Crippen LogP contribution in [0.3, 0.4) is 0 Å². The number of hydrogen-bond donors (Lipinski definition) is 0. The predicted octanol–water partition coefficient (Wildman–Crippen LogP) is 0.747. The van der Waals surface area contributed by atoms with Crippen LogP contribution in [0.4, 0.5) is 0 Å². The minimum absolute atomic E-state index is 0.314. The van der Waals surface area contributed by atoms with Gasteiger partial charge in [0.1, 0.15) is 0 Å². The molecule has 0 N–H and O–H groups in total. The minimum Gasteiger partial charge on any atom is -0.455 e. The Kier molecular flexibility index (Phi) is 2.62. The molecular weight excluding hydrogens is 162 g/mol. The molecule has 1 aliphatic rings. The highest BCUT2D eigenvalue weighted by Crippen LogP contribution is 2.20. The van der Waals surface area contributed by atoms with Gasteiger partial charge in [-0.2, -0.15) is 0 Å². The largest absolute Gasteiger partial charge is 0.455 e. The normalized spacial score (nSPS) is 25.1. The third kappa shape index (κ3) is 1.72. The number of cyclic esters (lactones) is 1. The van der Waals surface area contributed by atoms with Gasteiger partial charge < -0.3 is 4.74 Å². The lowest BCUT2D eigenvalue weighted by atomic mass is 10.1. The van der Waals surface area contributed by atoms with Gasteiger partial charge in [0.05, 0.1) is 0 Å². The van der Waals surface area contributed by atoms with Gasteiger partial charge in [0, 0.05) is 24.2 Å². The summed E-state index contributed by atoms with van der Waals surface area (Å²) < 4.78 is 4.80. The first kappa shape index (κ1) is 8.96. The third-order valence-electron chi connectivity index (χ3n) is 2.03. The number of hydrogen-bond acceptors (Lipinski definition) is 4. The number of nitro groups is 1. The topological polar surface area (TPSA) is 69.4 Å². The second-order valence-corrected chi connectivity index (χ2v) is 2.83. The van der Waals surface area contributed by atoms with Crippen LogP contribution in [0.2, 0.25) is 0 Å². The summed E-state index contributed by atoms with van der Waals surface area (Å²) in [6.45, 7) is 1.72. The highest BCUT2D eigenvalue weighted by Gasteiger charge is 2.37. The lowest BCUT2D eigenvalue weighted by molar-refractivity contribution is -0.533. The van der Waals surface area contributed by atoms with Crippen LogP contribution in [-0.4, -0.2) is 23.0 Å². The van der Waals surface area contributed by atoms with Crippen molar-refractivity contribution < 1.29 is 14.5 Å². The molecule has 0 saturated carbocycles. The third-order valence-corrected chi connectivity index (χ3v) is 2.03. The summed E-state index contributed by atoms with van der Waals surface area (Å²) in [6.07, 6.45) is 0.704. The zero-order chi connectivity index (χ0) is 9.14. The molecule has 0 aromatic heterocycles. The molecule has 1 unspecified atom stereocenters. The zero-order valence-corrected chi connectivity index (χ0v) is 6.86. The van der Waals surface area contributed by atoms with Gasteiger partial charge >= 0.3 is 5.97 Å². The van der Waals surface area contributed by atoms with E-state index in [1.807, 2.05) is 0 Å². The Labute approximate surface area is 69.9 Å². The molecule has 5 heteroatoms. The van der Waals surface area contributed by atoms with Gasteiger partial charge in [-0.05, 0) is 0 Å². The Bertz CT molecular complexity index is 204. The molecule has 0 aromatic carbocycles. The summed E-state index contributed by atoms with van der Waals surface area (Å²) in [6, 6.07) is -0.726. The van der Waals surface area contributed by atoms with Gasteiger partial charge in [-0.25, -0.2) is 0 Å². The number of esters is 1. The molecule has 1 rings (SSSR count). The van der Waals surface area contributed by atoms with E-state index in [0.29, 0.717) is 19.3 Å². The molecule has 1 fully saturated rings. The minimum atomic E-state index is -0.726. The van der Waals surface area contributed by atoms with Crippen LogP contribution in [0.1, 0.15) is 26.2 Å². The van der Waals surface area contributed by atoms with Crippen molar-refractivity contribution in [1.82, 2.24) is 0 Å². The van der Waals surface area contributed by atoms with Crippen molar-refractivity contribution in [2.45, 2.75) is 38.3 Å². The van der Waals surface area contributed by atoms with Gasteiger partial charge in [-0.1, -0.05) is 6.92 Å². The van der Waals surface area contributed by atoms with E-state index in [4.69, 9.17) is 4.74 Å². The fraction of sp³-hybridized carbons (Fsp3) is 0.857. The molecule has 0 radical (unpaired) electrons. The fourth-order valence-electron chi connectivity index (χ4n) is 1.37. The van der Waals surface area contributed by atoms with Crippen LogP contribution < -0.4 is 0 Å². The highest BCUT2D eigenvalue weighted by molar-refractivity contribution is 5.71. The van der Waals surface area contributed by atoms with E-state index in [1.165, 1.54) is 0 Å². The van der Waals surface area contributed by atoms with Crippen LogP contribution in [0.15, 0.2) is 0 Å². The summed E-state index contributed by atoms with van der Waals surface area (Å²) in [5, 5.41) is 10.4. The SMILES string of the molecule is CC[C@@H](C1CCC(=O)O1)[N+](=O)[O-]. The second kappa shape index (κ2) is 3.51. The smallest absolute Gasteiger partial charge is 0.306 e. The standard InChI is InChI=1S/C7H11NO4/c1-2-5(8(10)11)6-3-4-7(9)12-6/h5-6H,2-4H2,1H3/t5-,6?/m0/s1. The predicted molar refractivity (Wildman–Crippen MR) is 40.2 cm³/mol. The number of carbonyl (C=O) groups is 1. The van der Waals surface area contributed by atoms with Crippen LogP contribution in [0.25, 0.3) is 0 Å². The summed E-state index contributed by atoms with van der Waals surface area (Å²) in [5.41, 5.74) is 0. The van der Waals surface area contributed by atoms with E-state index in [0.717, 1.165) is 0 Å². The van der Waals surface area contributed by atoms with Gasteiger partial charge in [0.15, 0.2) is 6.10 Å². The number of nitrogens with zero attached hydrogens (tertiary/aromatic N) is 1. The van der Waals surface area contributed by atoms with Gasteiger partial charge in [0.25, 0.3) is 0 Å². The molecule has 1 heterocycles. The first-order chi connectivity index (χ1) is 5.65. The lowest BCUT2D eigenvalue weighted by Gasteiger charge is -2.12. The van der Waals surface area contributed by atoms with Gasteiger partial charge in [0.2, 0.25) is 6.04 Å². The van der Waals surface area contributed by atoms with Gasteiger partial charge in [-0.15, -0.1) is 0 Å². The van der Waals surface area contributed by atoms with Crippen molar-refractivity contribution in [3.8, 4) is 0 Å². The Morgan fingerprint density at radius 2 is 2.50 bits per heavy atom. The van der Waals surface area contributed by atoms with Crippen LogP contribution in [-0.2, 0) is 9.53 Å². The maximum Gasteiger partial charge on any atom is 0.306 e. The summed E-state index contributed by atoms with van der Waals surface area (Å²) in [4.78, 5) is 20.7. The Hall–Kier alpha value is -1.13. The highest BCUT2D eigenvalue weighted by atomic mass is 16.6. The lowest BCUT2D eigenvalue weighted by Crippen LogP contribution is -2.32. The average molecular weight is 173 g/mol. The first-order valence-corrected chi connectivity index (χ1v) is 3.98. The van der Waals surface area contributed by atoms with E-state index in [2.05, 4.69) is 0 Å². The van der Waals surface area contributed by atoms with Crippen molar-refractivity contribution in [2.24, 2.45) is 0 Å². The van der Waals surface area contributed by atoms with E-state index in [-0.39, 0.29) is 10.9 Å². The average Bonchev–Trinajstić information content (AvgIpc) is 2.37. The molecule has 0 aliphatic carbocycles. The Balaban J connectivity index is 2.55. The number of rotatable bonds is 3. The summed E-state index contributed by atoms with van der Waals surface area (Å²) in [7, 11) is 0. The van der Waals surface area contributed by atoms with Crippen molar-refractivity contribution in [3.63, 3.8) is 0 Å². The Morgan fingerprint density at radius 1 is 1.83 bits per heavy atom. The molecule has 1 aliphatic heterocycles. The molecule has 2 atom stereocenters. The number of carbonyl (C=O) groups excluding carboxylic acids is 1. The van der Waals surface area contributed by atoms with Crippen molar-refractivity contribution in [3.05, 3.63) is 10.1 Å². The van der Waals surface area contributed by atoms with E-state index in [9.17, 15) is 14.9 Å². The monoisotopic (exact) mass is 173 g/mol. The molecule has 0 bridgehead atoms. The van der Waals surface area contributed by atoms with Crippen LogP contribution in [0.5, 0.6) is 0 Å². The van der Waals surface area contributed by atoms with E-state index >= 15 is 0 Å². The van der Waals surface area contributed by atoms with E-state index < -0.39 is 12.1 Å². The quantitative estimate of drug-likeness (QED) is 0.358. The van der Waals surface area contributed by atoms with Crippen molar-refractivity contribution >= 4 is 5.97 Å². The maximum atomic E-state index is 10.7. The Morgan fingerprint density at radius 3 is 2.83 bits per heavy atom. The van der Waals surface area contributed by atoms with Crippen molar-refractivity contribution in [2.75, 3.05) is 0 Å². The molecular formula is C7H11NO4. The van der Waals surface area contributed by atoms with Crippen molar-refractivity contribution in [1.29, 1.82) is 0 Å². The van der Waals surface area contributed by atoms with E-state index in [1.54, 1.807) is 6.92 Å². The molecule has 0 amide bonds. The molecule has 68 valence electrons. The summed E-state index contributed by atoms with van der Waals surface area (Å²) in [5.74, 6) is -0.319. The van der Waals surface area contributed by atoms with Crippen LogP contribution >= 0.6 is 0 Å². The molecule has 0 spiro atoms. The zero-order valence-electron chi connectivity index (χ0n) is 6.86. The second-order valence-electron chi connectivity index (χ2n) is 2.83. The molecule has 12 heavy (non-hydrogen) atoms. The first-order valence-electron chi connectivity index (χ1n) is 3.98. The maximum absolute atomic E-state index is 10.7. The molecule has 5 nitrogen and oxygen atoms in total. The van der Waals surface area contributed by atoms with Crippen LogP contribution in [0, 0.1) is 10.1 Å².